The Kier molecular flexibility index (Phi) is 6.20. The van der Waals surface area contributed by atoms with Gasteiger partial charge in [0.2, 0.25) is 16.0 Å². The maximum atomic E-state index is 14.8. The molecule has 0 radical (unpaired) electrons. The smallest absolute Gasteiger partial charge is 0.268 e. The number of hydrogen-bond donors (Lipinski definition) is 2. The van der Waals surface area contributed by atoms with Crippen molar-refractivity contribution in [2.24, 2.45) is 0 Å². The number of piperidine rings is 1. The molecular weight excluding hydrogens is 449 g/mol. The molecule has 9 nitrogen and oxygen atoms in total. The molecule has 1 aliphatic carbocycles. The van der Waals surface area contributed by atoms with Crippen LogP contribution in [0.4, 0.5) is 10.3 Å². The third-order valence-corrected chi connectivity index (χ3v) is 8.54. The number of terminal acetylenes is 1. The maximum absolute atomic E-state index is 14.8. The zero-order valence-corrected chi connectivity index (χ0v) is 19.5. The first-order valence-electron chi connectivity index (χ1n) is 11.1. The number of fused-ring (bicyclic) bond motifs is 1. The fraction of sp³-hybridized carbons (Fsp3) is 0.591. The maximum Gasteiger partial charge on any atom is 0.268 e. The fourth-order valence-corrected chi connectivity index (χ4v) is 5.88. The van der Waals surface area contributed by atoms with Gasteiger partial charge in [-0.15, -0.1) is 6.42 Å². The Balaban J connectivity index is 1.68. The standard InChI is InChI=1S/C22H28FN5O4S/c1-4-14-11-15-12-24-21(25-17-8-10-27(13-16(17)23)33(31,32)5-2)26-19(15)28(20(14)29)18-7-6-9-22(18,3)30/h1,11-12,16-18,30H,5-10,13H2,2-3H3,(H,24,25,26)/t16-,17-,18-,22-/m1/s1. The van der Waals surface area contributed by atoms with Crippen LogP contribution >= 0.6 is 0 Å². The molecule has 0 unspecified atom stereocenters. The van der Waals surface area contributed by atoms with E-state index >= 15 is 0 Å². The summed E-state index contributed by atoms with van der Waals surface area (Å²) in [5.41, 5.74) is -1.04. The van der Waals surface area contributed by atoms with Gasteiger partial charge in [0, 0.05) is 24.7 Å². The molecule has 11 heteroatoms. The Bertz CT molecular complexity index is 1270. The minimum absolute atomic E-state index is 0.0757. The van der Waals surface area contributed by atoms with E-state index < -0.39 is 39.4 Å². The van der Waals surface area contributed by atoms with Crippen LogP contribution in [0.5, 0.6) is 0 Å². The number of hydrogen-bond acceptors (Lipinski definition) is 7. The van der Waals surface area contributed by atoms with E-state index in [-0.39, 0.29) is 36.8 Å². The third kappa shape index (κ3) is 4.35. The molecule has 1 saturated heterocycles. The van der Waals surface area contributed by atoms with Gasteiger partial charge in [0.25, 0.3) is 5.56 Å². The predicted molar refractivity (Wildman–Crippen MR) is 123 cm³/mol. The number of sulfonamides is 1. The molecule has 33 heavy (non-hydrogen) atoms. The largest absolute Gasteiger partial charge is 0.388 e. The monoisotopic (exact) mass is 477 g/mol. The molecule has 4 atom stereocenters. The van der Waals surface area contributed by atoms with Gasteiger partial charge in [0.05, 0.1) is 29.0 Å². The normalized spacial score (nSPS) is 28.6. The van der Waals surface area contributed by atoms with Crippen molar-refractivity contribution in [3.05, 3.63) is 28.2 Å². The van der Waals surface area contributed by atoms with Crippen LogP contribution in [0.25, 0.3) is 11.0 Å². The number of aromatic nitrogens is 3. The van der Waals surface area contributed by atoms with Crippen LogP contribution in [0.3, 0.4) is 0 Å². The van der Waals surface area contributed by atoms with Crippen molar-refractivity contribution in [3.63, 3.8) is 0 Å². The Morgan fingerprint density at radius 2 is 2.18 bits per heavy atom. The second-order valence-electron chi connectivity index (χ2n) is 8.93. The first kappa shape index (κ1) is 23.6. The van der Waals surface area contributed by atoms with Crippen LogP contribution in [-0.4, -0.2) is 69.0 Å². The number of halogens is 1. The van der Waals surface area contributed by atoms with Gasteiger partial charge in [0.15, 0.2) is 0 Å². The number of aliphatic hydroxyl groups is 1. The molecule has 2 aromatic rings. The minimum Gasteiger partial charge on any atom is -0.388 e. The van der Waals surface area contributed by atoms with Crippen molar-refractivity contribution >= 4 is 27.0 Å². The number of anilines is 1. The molecular formula is C22H28FN5O4S. The summed E-state index contributed by atoms with van der Waals surface area (Å²) in [4.78, 5) is 21.9. The van der Waals surface area contributed by atoms with E-state index in [1.807, 2.05) is 0 Å². The van der Waals surface area contributed by atoms with Crippen LogP contribution in [0.1, 0.15) is 51.1 Å². The number of nitrogens with one attached hydrogen (secondary N) is 1. The molecule has 2 fully saturated rings. The molecule has 1 saturated carbocycles. The van der Waals surface area contributed by atoms with E-state index in [9.17, 15) is 22.7 Å². The summed E-state index contributed by atoms with van der Waals surface area (Å²) in [6, 6.07) is 0.360. The number of pyridine rings is 1. The molecule has 0 aromatic carbocycles. The van der Waals surface area contributed by atoms with E-state index in [1.165, 1.54) is 23.8 Å². The highest BCUT2D eigenvalue weighted by Crippen LogP contribution is 2.39. The number of rotatable bonds is 5. The summed E-state index contributed by atoms with van der Waals surface area (Å²) in [5, 5.41) is 14.4. The van der Waals surface area contributed by atoms with Crippen LogP contribution in [-0.2, 0) is 10.0 Å². The molecule has 4 rings (SSSR count). The molecule has 2 aromatic heterocycles. The van der Waals surface area contributed by atoms with Crippen molar-refractivity contribution in [3.8, 4) is 12.3 Å². The van der Waals surface area contributed by atoms with Gasteiger partial charge in [0.1, 0.15) is 11.8 Å². The molecule has 178 valence electrons. The first-order valence-corrected chi connectivity index (χ1v) is 12.7. The summed E-state index contributed by atoms with van der Waals surface area (Å²) in [5.74, 6) is 2.45. The van der Waals surface area contributed by atoms with E-state index in [0.717, 1.165) is 10.7 Å². The van der Waals surface area contributed by atoms with E-state index in [1.54, 1.807) is 6.92 Å². The van der Waals surface area contributed by atoms with Gasteiger partial charge in [-0.1, -0.05) is 5.92 Å². The van der Waals surface area contributed by atoms with E-state index in [0.29, 0.717) is 23.9 Å². The van der Waals surface area contributed by atoms with Gasteiger partial charge in [-0.25, -0.2) is 17.8 Å². The topological polar surface area (TPSA) is 117 Å². The average molecular weight is 478 g/mol. The molecule has 0 bridgehead atoms. The van der Waals surface area contributed by atoms with Crippen LogP contribution < -0.4 is 10.9 Å². The molecule has 3 heterocycles. The number of nitrogens with zero attached hydrogens (tertiary/aromatic N) is 4. The van der Waals surface area contributed by atoms with E-state index in [2.05, 4.69) is 21.2 Å². The van der Waals surface area contributed by atoms with Gasteiger partial charge in [-0.05, 0) is 45.6 Å². The fourth-order valence-electron chi connectivity index (χ4n) is 4.76. The quantitative estimate of drug-likeness (QED) is 0.626. The van der Waals surface area contributed by atoms with E-state index in [4.69, 9.17) is 6.42 Å². The second-order valence-corrected chi connectivity index (χ2v) is 11.2. The van der Waals surface area contributed by atoms with Crippen LogP contribution in [0.2, 0.25) is 0 Å². The van der Waals surface area contributed by atoms with Crippen molar-refractivity contribution in [2.75, 3.05) is 24.2 Å². The van der Waals surface area contributed by atoms with Crippen molar-refractivity contribution in [1.29, 1.82) is 0 Å². The Hall–Kier alpha value is -2.55. The molecule has 2 aliphatic rings. The lowest BCUT2D eigenvalue weighted by atomic mass is 9.99. The SMILES string of the molecule is C#Cc1cc2cnc(N[C@@H]3CCN(S(=O)(=O)CC)C[C@H]3F)nc2n([C@@H]2CCC[C@@]2(C)O)c1=O. The Morgan fingerprint density at radius 3 is 2.79 bits per heavy atom. The average Bonchev–Trinajstić information content (AvgIpc) is 3.13. The summed E-state index contributed by atoms with van der Waals surface area (Å²) in [6.45, 7) is 3.19. The molecule has 0 amide bonds. The number of alkyl halides is 1. The second kappa shape index (κ2) is 8.66. The van der Waals surface area contributed by atoms with Crippen molar-refractivity contribution in [2.45, 2.75) is 63.4 Å². The molecule has 0 spiro atoms. The van der Waals surface area contributed by atoms with Crippen molar-refractivity contribution < 1.29 is 17.9 Å². The third-order valence-electron chi connectivity index (χ3n) is 6.70. The van der Waals surface area contributed by atoms with Crippen LogP contribution in [0, 0.1) is 12.3 Å². The summed E-state index contributed by atoms with van der Waals surface area (Å²) < 4.78 is 41.5. The zero-order chi connectivity index (χ0) is 24.0. The summed E-state index contributed by atoms with van der Waals surface area (Å²) in [6.07, 6.45) is 7.75. The van der Waals surface area contributed by atoms with Gasteiger partial charge in [-0.3, -0.25) is 9.36 Å². The lowest BCUT2D eigenvalue weighted by Crippen LogP contribution is -2.50. The lowest BCUT2D eigenvalue weighted by molar-refractivity contribution is 0.0266. The van der Waals surface area contributed by atoms with Crippen molar-refractivity contribution in [1.82, 2.24) is 18.8 Å². The Labute approximate surface area is 192 Å². The highest BCUT2D eigenvalue weighted by molar-refractivity contribution is 7.89. The zero-order valence-electron chi connectivity index (χ0n) is 18.7. The molecule has 2 N–H and O–H groups in total. The molecule has 1 aliphatic heterocycles. The lowest BCUT2D eigenvalue weighted by Gasteiger charge is -2.34. The first-order chi connectivity index (χ1) is 15.6. The van der Waals surface area contributed by atoms with Gasteiger partial charge < -0.3 is 10.4 Å². The summed E-state index contributed by atoms with van der Waals surface area (Å²) >= 11 is 0. The minimum atomic E-state index is -3.46. The highest BCUT2D eigenvalue weighted by atomic mass is 32.2. The van der Waals surface area contributed by atoms with Gasteiger partial charge in [-0.2, -0.15) is 9.29 Å². The Morgan fingerprint density at radius 1 is 1.42 bits per heavy atom. The van der Waals surface area contributed by atoms with Gasteiger partial charge >= 0.3 is 0 Å². The predicted octanol–water partition coefficient (Wildman–Crippen LogP) is 1.42. The summed E-state index contributed by atoms with van der Waals surface area (Å²) in [7, 11) is -3.46. The van der Waals surface area contributed by atoms with Crippen LogP contribution in [0.15, 0.2) is 17.1 Å². The highest BCUT2D eigenvalue weighted by Gasteiger charge is 2.40.